The number of thioether (sulfide) groups is 1. The number of fused-ring (bicyclic) bond motifs is 1. The molecule has 0 amide bonds. The molecule has 3 rings (SSSR count). The van der Waals surface area contributed by atoms with Gasteiger partial charge in [0.1, 0.15) is 4.75 Å². The van der Waals surface area contributed by atoms with E-state index in [-0.39, 0.29) is 10.7 Å². The molecule has 1 saturated heterocycles. The molecule has 1 aliphatic heterocycles. The largest absolute Gasteiger partial charge is 0.464 e. The highest BCUT2D eigenvalue weighted by atomic mass is 32.2. The number of benzene rings is 1. The van der Waals surface area contributed by atoms with Crippen molar-refractivity contribution >= 4 is 17.7 Å². The van der Waals surface area contributed by atoms with E-state index in [0.29, 0.717) is 18.4 Å². The normalized spacial score (nSPS) is 35.1. The molecule has 0 spiro atoms. The summed E-state index contributed by atoms with van der Waals surface area (Å²) in [7, 11) is 0. The molecule has 1 heterocycles. The standard InChI is InChI=1S/C15H18O2S/c1-18-15-12(10-17-14(15)16)8-5-9-13(15)11-6-3-2-4-7-11/h2-4,6-7,12-13H,5,8-10H2,1H3/t12-,13+,15-/m1/s1. The fraction of sp³-hybridized carbons (Fsp3) is 0.533. The van der Waals surface area contributed by atoms with Crippen LogP contribution in [0.15, 0.2) is 30.3 Å². The molecule has 96 valence electrons. The third-order valence-corrected chi connectivity index (χ3v) is 5.90. The van der Waals surface area contributed by atoms with Gasteiger partial charge in [-0.25, -0.2) is 0 Å². The van der Waals surface area contributed by atoms with Crippen LogP contribution >= 0.6 is 11.8 Å². The zero-order chi connectivity index (χ0) is 12.6. The van der Waals surface area contributed by atoms with Crippen LogP contribution in [-0.4, -0.2) is 23.6 Å². The second-order valence-corrected chi connectivity index (χ2v) is 6.27. The Hall–Kier alpha value is -0.960. The Balaban J connectivity index is 2.04. The highest BCUT2D eigenvalue weighted by molar-refractivity contribution is 8.00. The lowest BCUT2D eigenvalue weighted by Crippen LogP contribution is -2.46. The molecule has 18 heavy (non-hydrogen) atoms. The molecular formula is C15H18O2S. The lowest BCUT2D eigenvalue weighted by atomic mass is 9.70. The molecule has 1 aromatic carbocycles. The molecule has 1 aromatic rings. The van der Waals surface area contributed by atoms with E-state index >= 15 is 0 Å². The van der Waals surface area contributed by atoms with Gasteiger partial charge in [0.25, 0.3) is 0 Å². The molecule has 1 saturated carbocycles. The van der Waals surface area contributed by atoms with Crippen LogP contribution in [0.1, 0.15) is 30.7 Å². The molecule has 3 atom stereocenters. The van der Waals surface area contributed by atoms with E-state index in [4.69, 9.17) is 4.74 Å². The number of esters is 1. The lowest BCUT2D eigenvalue weighted by Gasteiger charge is -2.41. The Morgan fingerprint density at radius 1 is 1.28 bits per heavy atom. The lowest BCUT2D eigenvalue weighted by molar-refractivity contribution is -0.140. The third kappa shape index (κ3) is 1.60. The van der Waals surface area contributed by atoms with Gasteiger partial charge in [0.15, 0.2) is 0 Å². The van der Waals surface area contributed by atoms with Crippen molar-refractivity contribution in [2.45, 2.75) is 29.9 Å². The number of ether oxygens (including phenoxy) is 1. The van der Waals surface area contributed by atoms with Crippen molar-refractivity contribution in [1.29, 1.82) is 0 Å². The first-order chi connectivity index (χ1) is 8.79. The second-order valence-electron chi connectivity index (χ2n) is 5.19. The summed E-state index contributed by atoms with van der Waals surface area (Å²) in [6, 6.07) is 10.5. The van der Waals surface area contributed by atoms with Gasteiger partial charge in [-0.3, -0.25) is 4.79 Å². The molecule has 0 radical (unpaired) electrons. The summed E-state index contributed by atoms with van der Waals surface area (Å²) in [6.45, 7) is 0.614. The number of cyclic esters (lactones) is 1. The number of hydrogen-bond donors (Lipinski definition) is 0. The van der Waals surface area contributed by atoms with E-state index < -0.39 is 0 Å². The maximum Gasteiger partial charge on any atom is 0.323 e. The van der Waals surface area contributed by atoms with Gasteiger partial charge in [-0.05, 0) is 24.7 Å². The topological polar surface area (TPSA) is 26.3 Å². The van der Waals surface area contributed by atoms with E-state index in [9.17, 15) is 4.79 Å². The van der Waals surface area contributed by atoms with Crippen molar-refractivity contribution in [3.8, 4) is 0 Å². The number of carbonyl (C=O) groups is 1. The first-order valence-electron chi connectivity index (χ1n) is 6.56. The van der Waals surface area contributed by atoms with Crippen LogP contribution in [0.3, 0.4) is 0 Å². The maximum atomic E-state index is 12.3. The van der Waals surface area contributed by atoms with Gasteiger partial charge in [0.2, 0.25) is 0 Å². The molecule has 2 nitrogen and oxygen atoms in total. The molecular weight excluding hydrogens is 244 g/mol. The van der Waals surface area contributed by atoms with E-state index in [0.717, 1.165) is 12.8 Å². The molecule has 1 aliphatic carbocycles. The summed E-state index contributed by atoms with van der Waals surface area (Å²) in [6.07, 6.45) is 5.47. The monoisotopic (exact) mass is 262 g/mol. The van der Waals surface area contributed by atoms with Gasteiger partial charge < -0.3 is 4.74 Å². The maximum absolute atomic E-state index is 12.3. The number of carbonyl (C=O) groups excluding carboxylic acids is 1. The van der Waals surface area contributed by atoms with Gasteiger partial charge in [-0.1, -0.05) is 36.8 Å². The highest BCUT2D eigenvalue weighted by Crippen LogP contribution is 2.55. The Morgan fingerprint density at radius 2 is 2.06 bits per heavy atom. The summed E-state index contributed by atoms with van der Waals surface area (Å²) in [5.41, 5.74) is 1.29. The quantitative estimate of drug-likeness (QED) is 0.765. The zero-order valence-electron chi connectivity index (χ0n) is 10.6. The highest BCUT2D eigenvalue weighted by Gasteiger charge is 2.58. The van der Waals surface area contributed by atoms with Crippen molar-refractivity contribution in [3.05, 3.63) is 35.9 Å². The predicted molar refractivity (Wildman–Crippen MR) is 73.7 cm³/mol. The molecule has 3 heteroatoms. The van der Waals surface area contributed by atoms with Gasteiger partial charge in [-0.15, -0.1) is 11.8 Å². The minimum absolute atomic E-state index is 0.00792. The van der Waals surface area contributed by atoms with E-state index in [2.05, 4.69) is 30.5 Å². The third-order valence-electron chi connectivity index (χ3n) is 4.44. The second kappa shape index (κ2) is 4.61. The Bertz CT molecular complexity index is 445. The van der Waals surface area contributed by atoms with Gasteiger partial charge >= 0.3 is 5.97 Å². The van der Waals surface area contributed by atoms with Crippen LogP contribution in [0.2, 0.25) is 0 Å². The van der Waals surface area contributed by atoms with Crippen molar-refractivity contribution < 1.29 is 9.53 Å². The van der Waals surface area contributed by atoms with E-state index in [1.165, 1.54) is 12.0 Å². The van der Waals surface area contributed by atoms with Crippen molar-refractivity contribution in [3.63, 3.8) is 0 Å². The van der Waals surface area contributed by atoms with Crippen molar-refractivity contribution in [2.24, 2.45) is 5.92 Å². The van der Waals surface area contributed by atoms with Crippen LogP contribution in [0.4, 0.5) is 0 Å². The molecule has 2 fully saturated rings. The Kier molecular flexibility index (Phi) is 3.10. The van der Waals surface area contributed by atoms with Crippen molar-refractivity contribution in [2.75, 3.05) is 12.9 Å². The number of rotatable bonds is 2. The van der Waals surface area contributed by atoms with E-state index in [1.54, 1.807) is 11.8 Å². The smallest absolute Gasteiger partial charge is 0.323 e. The van der Waals surface area contributed by atoms with Crippen LogP contribution < -0.4 is 0 Å². The summed E-state index contributed by atoms with van der Waals surface area (Å²) >= 11 is 1.70. The van der Waals surface area contributed by atoms with Crippen LogP contribution in [-0.2, 0) is 9.53 Å². The Morgan fingerprint density at radius 3 is 2.78 bits per heavy atom. The molecule has 2 aliphatic rings. The molecule has 0 N–H and O–H groups in total. The fourth-order valence-corrected chi connectivity index (χ4v) is 4.86. The summed E-state index contributed by atoms with van der Waals surface area (Å²) in [5, 5.41) is 0. The van der Waals surface area contributed by atoms with Crippen LogP contribution in [0.25, 0.3) is 0 Å². The average Bonchev–Trinajstić information content (AvgIpc) is 2.77. The molecule has 0 unspecified atom stereocenters. The van der Waals surface area contributed by atoms with Gasteiger partial charge in [0, 0.05) is 11.8 Å². The first-order valence-corrected chi connectivity index (χ1v) is 7.79. The van der Waals surface area contributed by atoms with Crippen LogP contribution in [0.5, 0.6) is 0 Å². The summed E-state index contributed by atoms with van der Waals surface area (Å²) in [5.74, 6) is 0.704. The fourth-order valence-electron chi connectivity index (χ4n) is 3.58. The molecule has 0 bridgehead atoms. The zero-order valence-corrected chi connectivity index (χ0v) is 11.4. The van der Waals surface area contributed by atoms with Gasteiger partial charge in [0.05, 0.1) is 6.61 Å². The van der Waals surface area contributed by atoms with E-state index in [1.807, 2.05) is 6.07 Å². The average molecular weight is 262 g/mol. The predicted octanol–water partition coefficient (Wildman–Crippen LogP) is 3.23. The minimum atomic E-state index is -0.334. The Labute approximate surface area is 112 Å². The minimum Gasteiger partial charge on any atom is -0.464 e. The summed E-state index contributed by atoms with van der Waals surface area (Å²) < 4.78 is 5.05. The van der Waals surface area contributed by atoms with Crippen LogP contribution in [0, 0.1) is 5.92 Å². The van der Waals surface area contributed by atoms with Crippen molar-refractivity contribution in [1.82, 2.24) is 0 Å². The summed E-state index contributed by atoms with van der Waals surface area (Å²) in [4.78, 5) is 12.3. The first kappa shape index (κ1) is 12.1. The number of hydrogen-bond acceptors (Lipinski definition) is 3. The van der Waals surface area contributed by atoms with Gasteiger partial charge in [-0.2, -0.15) is 0 Å². The molecule has 0 aromatic heterocycles. The SMILES string of the molecule is CS[C@]12C(=O)OC[C@H]1CCC[C@H]2c1ccccc1.